The summed E-state index contributed by atoms with van der Waals surface area (Å²) >= 11 is 0. The van der Waals surface area contributed by atoms with Crippen LogP contribution >= 0.6 is 0 Å². The summed E-state index contributed by atoms with van der Waals surface area (Å²) in [5.74, 6) is 4.95. The molecule has 0 atom stereocenters. The highest BCUT2D eigenvalue weighted by Gasteiger charge is 2.32. The van der Waals surface area contributed by atoms with Gasteiger partial charge in [-0.2, -0.15) is 10.5 Å². The average molecular weight is 292 g/mol. The van der Waals surface area contributed by atoms with E-state index < -0.39 is 11.8 Å². The number of nitrogens with zero attached hydrogens (tertiary/aromatic N) is 2. The Kier molecular flexibility index (Phi) is 5.22. The van der Waals surface area contributed by atoms with Gasteiger partial charge in [-0.25, -0.2) is 0 Å². The van der Waals surface area contributed by atoms with E-state index in [0.717, 1.165) is 12.1 Å². The maximum Gasteiger partial charge on any atom is 0.573 e. The molecule has 1 aromatic rings. The molecule has 0 saturated heterocycles. The Morgan fingerprint density at radius 3 is 2.10 bits per heavy atom. The highest BCUT2D eigenvalue weighted by molar-refractivity contribution is 5.31. The Balaban J connectivity index is 2.89. The second-order valence-electron chi connectivity index (χ2n) is 4.28. The Morgan fingerprint density at radius 2 is 1.67 bits per heavy atom. The first-order valence-electron chi connectivity index (χ1n) is 5.91. The van der Waals surface area contributed by atoms with Crippen molar-refractivity contribution in [1.29, 1.82) is 10.5 Å². The number of halogens is 3. The molecule has 0 amide bonds. The van der Waals surface area contributed by atoms with Crippen molar-refractivity contribution in [2.24, 2.45) is 5.41 Å². The molecule has 0 heterocycles. The van der Waals surface area contributed by atoms with E-state index >= 15 is 0 Å². The fourth-order valence-electron chi connectivity index (χ4n) is 1.64. The van der Waals surface area contributed by atoms with E-state index in [1.807, 2.05) is 12.1 Å². The lowest BCUT2D eigenvalue weighted by Crippen LogP contribution is -2.19. The van der Waals surface area contributed by atoms with Crippen LogP contribution in [0.1, 0.15) is 18.9 Å². The zero-order valence-electron chi connectivity index (χ0n) is 11.2. The fourth-order valence-corrected chi connectivity index (χ4v) is 1.64. The topological polar surface area (TPSA) is 56.8 Å². The fraction of sp³-hybridized carbons (Fsp3) is 0.333. The van der Waals surface area contributed by atoms with Crippen LogP contribution in [-0.4, -0.2) is 6.36 Å². The summed E-state index contributed by atoms with van der Waals surface area (Å²) in [6.07, 6.45) is -4.58. The maximum atomic E-state index is 12.0. The van der Waals surface area contributed by atoms with Crippen molar-refractivity contribution < 1.29 is 17.9 Å². The number of alkyl halides is 3. The molecule has 1 rings (SSSR count). The number of ether oxygens (including phenoxy) is 1. The van der Waals surface area contributed by atoms with Gasteiger partial charge >= 0.3 is 6.36 Å². The van der Waals surface area contributed by atoms with E-state index in [1.165, 1.54) is 12.1 Å². The van der Waals surface area contributed by atoms with Crippen LogP contribution in [0.25, 0.3) is 0 Å². The molecule has 0 saturated carbocycles. The van der Waals surface area contributed by atoms with Crippen LogP contribution in [0.5, 0.6) is 5.75 Å². The van der Waals surface area contributed by atoms with E-state index in [0.29, 0.717) is 5.56 Å². The van der Waals surface area contributed by atoms with Gasteiger partial charge in [0, 0.05) is 12.8 Å². The van der Waals surface area contributed by atoms with Crippen molar-refractivity contribution >= 4 is 0 Å². The third-order valence-electron chi connectivity index (χ3n) is 2.66. The van der Waals surface area contributed by atoms with Crippen LogP contribution in [0.2, 0.25) is 0 Å². The first kappa shape index (κ1) is 16.4. The van der Waals surface area contributed by atoms with Gasteiger partial charge in [-0.1, -0.05) is 12.1 Å². The van der Waals surface area contributed by atoms with Gasteiger partial charge in [0.25, 0.3) is 0 Å². The minimum absolute atomic E-state index is 0.0807. The quantitative estimate of drug-likeness (QED) is 0.797. The molecule has 0 unspecified atom stereocenters. The lowest BCUT2D eigenvalue weighted by Gasteiger charge is -2.16. The molecule has 1 aromatic carbocycles. The van der Waals surface area contributed by atoms with Crippen LogP contribution < -0.4 is 4.74 Å². The largest absolute Gasteiger partial charge is 0.573 e. The zero-order chi connectivity index (χ0) is 15.9. The molecule has 0 radical (unpaired) electrons. The summed E-state index contributed by atoms with van der Waals surface area (Å²) in [5.41, 5.74) is -0.749. The Morgan fingerprint density at radius 1 is 1.10 bits per heavy atom. The van der Waals surface area contributed by atoms with Gasteiger partial charge in [-0.3, -0.25) is 0 Å². The summed E-state index contributed by atoms with van der Waals surface area (Å²) < 4.78 is 39.9. The number of hydrogen-bond donors (Lipinski definition) is 0. The Labute approximate surface area is 120 Å². The first-order chi connectivity index (χ1) is 9.84. The number of hydrogen-bond acceptors (Lipinski definition) is 3. The van der Waals surface area contributed by atoms with Crippen molar-refractivity contribution in [3.8, 4) is 29.7 Å². The standard InChI is InChI=1S/C15H11F3N2O/c1-2-3-8-14(10-19,11-20)9-12-4-6-13(7-5-12)21-15(16,17)18/h4-7H,8-9H2,1H3. The zero-order valence-corrected chi connectivity index (χ0v) is 11.2. The minimum atomic E-state index is -4.75. The molecule has 0 bridgehead atoms. The maximum absolute atomic E-state index is 12.0. The SMILES string of the molecule is CC#CCC(C#N)(C#N)Cc1ccc(OC(F)(F)F)cc1. The Bertz CT molecular complexity index is 611. The molecule has 0 fully saturated rings. The van der Waals surface area contributed by atoms with Gasteiger partial charge in [-0.15, -0.1) is 25.0 Å². The highest BCUT2D eigenvalue weighted by atomic mass is 19.4. The van der Waals surface area contributed by atoms with Crippen molar-refractivity contribution in [2.75, 3.05) is 0 Å². The third kappa shape index (κ3) is 5.09. The van der Waals surface area contributed by atoms with E-state index in [4.69, 9.17) is 10.5 Å². The van der Waals surface area contributed by atoms with Crippen LogP contribution in [0.15, 0.2) is 24.3 Å². The van der Waals surface area contributed by atoms with E-state index in [2.05, 4.69) is 16.6 Å². The Hall–Kier alpha value is -2.65. The predicted octanol–water partition coefficient (Wildman–Crippen LogP) is 3.57. The molecule has 6 heteroatoms. The average Bonchev–Trinajstić information content (AvgIpc) is 2.44. The van der Waals surface area contributed by atoms with Crippen molar-refractivity contribution in [1.82, 2.24) is 0 Å². The van der Waals surface area contributed by atoms with Crippen LogP contribution in [0.3, 0.4) is 0 Å². The smallest absolute Gasteiger partial charge is 0.406 e. The number of nitriles is 2. The van der Waals surface area contributed by atoms with Gasteiger partial charge in [0.1, 0.15) is 5.75 Å². The molecule has 0 aliphatic rings. The van der Waals surface area contributed by atoms with Gasteiger partial charge in [0.2, 0.25) is 0 Å². The second kappa shape index (κ2) is 6.68. The third-order valence-corrected chi connectivity index (χ3v) is 2.66. The molecular formula is C15H11F3N2O. The van der Waals surface area contributed by atoms with Gasteiger partial charge in [0.05, 0.1) is 12.1 Å². The summed E-state index contributed by atoms with van der Waals surface area (Å²) in [6, 6.07) is 8.93. The van der Waals surface area contributed by atoms with Gasteiger partial charge in [0.15, 0.2) is 5.41 Å². The minimum Gasteiger partial charge on any atom is -0.406 e. The number of benzene rings is 1. The molecule has 21 heavy (non-hydrogen) atoms. The molecule has 0 aliphatic carbocycles. The predicted molar refractivity (Wildman–Crippen MR) is 68.6 cm³/mol. The summed E-state index contributed by atoms with van der Waals surface area (Å²) in [5, 5.41) is 18.3. The lowest BCUT2D eigenvalue weighted by atomic mass is 9.81. The normalized spacial score (nSPS) is 10.8. The molecular weight excluding hydrogens is 281 g/mol. The molecule has 0 N–H and O–H groups in total. The monoisotopic (exact) mass is 292 g/mol. The molecule has 108 valence electrons. The summed E-state index contributed by atoms with van der Waals surface area (Å²) in [6.45, 7) is 1.60. The lowest BCUT2D eigenvalue weighted by molar-refractivity contribution is -0.274. The van der Waals surface area contributed by atoms with Gasteiger partial charge in [-0.05, 0) is 24.6 Å². The summed E-state index contributed by atoms with van der Waals surface area (Å²) in [4.78, 5) is 0. The first-order valence-corrected chi connectivity index (χ1v) is 5.91. The van der Waals surface area contributed by atoms with Crippen molar-refractivity contribution in [3.05, 3.63) is 29.8 Å². The number of rotatable bonds is 4. The second-order valence-corrected chi connectivity index (χ2v) is 4.28. The van der Waals surface area contributed by atoms with E-state index in [1.54, 1.807) is 6.92 Å². The molecule has 0 aromatic heterocycles. The van der Waals surface area contributed by atoms with Crippen LogP contribution in [0.4, 0.5) is 13.2 Å². The molecule has 0 aliphatic heterocycles. The van der Waals surface area contributed by atoms with E-state index in [-0.39, 0.29) is 18.6 Å². The molecule has 0 spiro atoms. The van der Waals surface area contributed by atoms with Crippen molar-refractivity contribution in [3.63, 3.8) is 0 Å². The van der Waals surface area contributed by atoms with Gasteiger partial charge < -0.3 is 4.74 Å². The van der Waals surface area contributed by atoms with Crippen LogP contribution in [-0.2, 0) is 6.42 Å². The van der Waals surface area contributed by atoms with E-state index in [9.17, 15) is 13.2 Å². The summed E-state index contributed by atoms with van der Waals surface area (Å²) in [7, 11) is 0. The van der Waals surface area contributed by atoms with Crippen molar-refractivity contribution in [2.45, 2.75) is 26.1 Å². The molecule has 3 nitrogen and oxygen atoms in total. The highest BCUT2D eigenvalue weighted by Crippen LogP contribution is 2.28. The van der Waals surface area contributed by atoms with Crippen LogP contribution in [0, 0.1) is 39.9 Å².